The minimum atomic E-state index is -0.666. The van der Waals surface area contributed by atoms with Gasteiger partial charge in [-0.2, -0.15) is 0 Å². The van der Waals surface area contributed by atoms with Crippen molar-refractivity contribution in [2.45, 2.75) is 4.34 Å². The van der Waals surface area contributed by atoms with Gasteiger partial charge in [0.25, 0.3) is 5.91 Å². The molecule has 3 rings (SSSR count). The molecule has 0 radical (unpaired) electrons. The van der Waals surface area contributed by atoms with Crippen LogP contribution in [0.5, 0.6) is 0 Å². The molecule has 0 atom stereocenters. The third-order valence-corrected chi connectivity index (χ3v) is 4.55. The molecule has 1 N–H and O–H groups in total. The van der Waals surface area contributed by atoms with Gasteiger partial charge in [0.05, 0.1) is 0 Å². The number of nitrogens with one attached hydrogen (secondary N) is 1. The molecule has 0 spiro atoms. The number of hydrogen-bond donors (Lipinski definition) is 1. The number of aromatic nitrogens is 3. The summed E-state index contributed by atoms with van der Waals surface area (Å²) in [6.45, 7) is 0. The van der Waals surface area contributed by atoms with Gasteiger partial charge in [0.2, 0.25) is 10.9 Å². The quantitative estimate of drug-likeness (QED) is 0.571. The Labute approximate surface area is 136 Å². The summed E-state index contributed by atoms with van der Waals surface area (Å²) in [5.74, 6) is -2.04. The van der Waals surface area contributed by atoms with Crippen LogP contribution >= 0.6 is 23.1 Å². The lowest BCUT2D eigenvalue weighted by Gasteiger charge is -1.97. The van der Waals surface area contributed by atoms with Crippen LogP contribution in [0.1, 0.15) is 10.6 Å². The Hall–Kier alpha value is -2.33. The third kappa shape index (κ3) is 3.37. The fourth-order valence-electron chi connectivity index (χ4n) is 1.70. The van der Waals surface area contributed by atoms with Crippen LogP contribution in [0.2, 0.25) is 0 Å². The van der Waals surface area contributed by atoms with Crippen molar-refractivity contribution in [1.82, 2.24) is 15.4 Å². The van der Waals surface area contributed by atoms with E-state index in [9.17, 15) is 13.6 Å². The minimum absolute atomic E-state index is 0.0224. The molecule has 10 heteroatoms. The molecule has 0 saturated carbocycles. The average Bonchev–Trinajstić information content (AvgIpc) is 3.18. The average molecular weight is 354 g/mol. The number of hydrogen-bond acceptors (Lipinski definition) is 7. The summed E-state index contributed by atoms with van der Waals surface area (Å²) in [7, 11) is 0. The second kappa shape index (κ2) is 6.42. The zero-order valence-corrected chi connectivity index (χ0v) is 13.2. The highest BCUT2D eigenvalue weighted by Gasteiger charge is 2.18. The Morgan fingerprint density at radius 3 is 2.87 bits per heavy atom. The number of carbonyl (C=O) groups is 1. The maximum absolute atomic E-state index is 13.7. The molecule has 0 saturated heterocycles. The van der Waals surface area contributed by atoms with Gasteiger partial charge in [-0.15, -0.1) is 10.2 Å². The number of rotatable bonds is 4. The van der Waals surface area contributed by atoms with Crippen LogP contribution in [-0.2, 0) is 0 Å². The largest absolute Gasteiger partial charge is 0.350 e. The Balaban J connectivity index is 1.81. The van der Waals surface area contributed by atoms with E-state index in [2.05, 4.69) is 20.7 Å². The number of benzene rings is 1. The van der Waals surface area contributed by atoms with Gasteiger partial charge in [-0.1, -0.05) is 28.3 Å². The maximum atomic E-state index is 13.7. The summed E-state index contributed by atoms with van der Waals surface area (Å²) in [6.07, 6.45) is 1.84. The molecule has 0 aliphatic rings. The highest BCUT2D eigenvalue weighted by atomic mass is 32.2. The maximum Gasteiger partial charge on any atom is 0.296 e. The normalized spacial score (nSPS) is 10.7. The second-order valence-corrected chi connectivity index (χ2v) is 6.26. The summed E-state index contributed by atoms with van der Waals surface area (Å²) in [5, 5.41) is 14.0. The van der Waals surface area contributed by atoms with Gasteiger partial charge in [0, 0.05) is 11.6 Å². The number of nitrogens with zero attached hydrogens (tertiary/aromatic N) is 3. The molecular formula is C13H8F2N4O2S2. The first kappa shape index (κ1) is 15.6. The number of anilines is 1. The highest BCUT2D eigenvalue weighted by molar-refractivity contribution is 8.00. The predicted molar refractivity (Wildman–Crippen MR) is 81.5 cm³/mol. The van der Waals surface area contributed by atoms with E-state index >= 15 is 0 Å². The van der Waals surface area contributed by atoms with Crippen LogP contribution in [-0.4, -0.2) is 27.5 Å². The zero-order valence-electron chi connectivity index (χ0n) is 11.5. The van der Waals surface area contributed by atoms with Gasteiger partial charge >= 0.3 is 0 Å². The predicted octanol–water partition coefficient (Wildman–Crippen LogP) is 3.45. The van der Waals surface area contributed by atoms with E-state index in [1.54, 1.807) is 0 Å². The Morgan fingerprint density at radius 2 is 2.13 bits per heavy atom. The van der Waals surface area contributed by atoms with Crippen LogP contribution in [0.15, 0.2) is 33.1 Å². The van der Waals surface area contributed by atoms with Crippen molar-refractivity contribution >= 4 is 34.1 Å². The van der Waals surface area contributed by atoms with Gasteiger partial charge in [-0.3, -0.25) is 10.1 Å². The molecule has 2 aromatic heterocycles. The lowest BCUT2D eigenvalue weighted by molar-refractivity contribution is 0.0988. The molecule has 0 aliphatic carbocycles. The van der Waals surface area contributed by atoms with Crippen LogP contribution in [0.25, 0.3) is 11.3 Å². The van der Waals surface area contributed by atoms with Gasteiger partial charge in [0.15, 0.2) is 4.34 Å². The first-order valence-electron chi connectivity index (χ1n) is 6.18. The van der Waals surface area contributed by atoms with E-state index in [-0.39, 0.29) is 17.0 Å². The first-order chi connectivity index (χ1) is 11.1. The number of thioether (sulfide) groups is 1. The lowest BCUT2D eigenvalue weighted by Crippen LogP contribution is -2.10. The molecular weight excluding hydrogens is 346 g/mol. The van der Waals surface area contributed by atoms with Crippen molar-refractivity contribution in [1.29, 1.82) is 0 Å². The fourth-order valence-corrected chi connectivity index (χ4v) is 2.87. The molecule has 0 aliphatic heterocycles. The summed E-state index contributed by atoms with van der Waals surface area (Å²) in [5.41, 5.74) is -0.0670. The van der Waals surface area contributed by atoms with E-state index in [0.717, 1.165) is 18.2 Å². The van der Waals surface area contributed by atoms with E-state index < -0.39 is 17.5 Å². The van der Waals surface area contributed by atoms with Crippen molar-refractivity contribution in [3.05, 3.63) is 41.7 Å². The van der Waals surface area contributed by atoms with E-state index in [4.69, 9.17) is 4.52 Å². The summed E-state index contributed by atoms with van der Waals surface area (Å²) < 4.78 is 32.5. The fraction of sp³-hybridized carbons (Fsp3) is 0.0769. The van der Waals surface area contributed by atoms with Gasteiger partial charge in [0.1, 0.15) is 17.3 Å². The smallest absolute Gasteiger partial charge is 0.296 e. The van der Waals surface area contributed by atoms with Crippen molar-refractivity contribution in [2.24, 2.45) is 0 Å². The van der Waals surface area contributed by atoms with Crippen LogP contribution < -0.4 is 5.32 Å². The molecule has 0 unspecified atom stereocenters. The number of amides is 1. The van der Waals surface area contributed by atoms with Crippen molar-refractivity contribution in [2.75, 3.05) is 11.6 Å². The van der Waals surface area contributed by atoms with E-state index in [1.165, 1.54) is 29.2 Å². The number of halogens is 2. The molecule has 118 valence electrons. The molecule has 1 aromatic carbocycles. The van der Waals surface area contributed by atoms with E-state index in [1.807, 2.05) is 6.26 Å². The monoisotopic (exact) mass is 354 g/mol. The minimum Gasteiger partial charge on any atom is -0.350 e. The van der Waals surface area contributed by atoms with Crippen LogP contribution in [0.4, 0.5) is 13.9 Å². The highest BCUT2D eigenvalue weighted by Crippen LogP contribution is 2.25. The van der Waals surface area contributed by atoms with Gasteiger partial charge in [-0.25, -0.2) is 8.78 Å². The standard InChI is InChI=1S/C13H8F2N4O2S2/c1-22-13-18-17-12(23-13)16-11(20)10-5-9(19-21-10)7-4-6(14)2-3-8(7)15/h2-5H,1H3,(H,16,17,20). The second-order valence-electron chi connectivity index (χ2n) is 4.23. The SMILES string of the molecule is CSc1nnc(NC(=O)c2cc(-c3cc(F)ccc3F)no2)s1. The van der Waals surface area contributed by atoms with Crippen LogP contribution in [0, 0.1) is 11.6 Å². The molecule has 0 bridgehead atoms. The van der Waals surface area contributed by atoms with Crippen LogP contribution in [0.3, 0.4) is 0 Å². The summed E-state index contributed by atoms with van der Waals surface area (Å²) in [6, 6.07) is 4.17. The Kier molecular flexibility index (Phi) is 4.35. The first-order valence-corrected chi connectivity index (χ1v) is 8.22. The summed E-state index contributed by atoms with van der Waals surface area (Å²) in [4.78, 5) is 12.0. The van der Waals surface area contributed by atoms with Crippen molar-refractivity contribution in [3.8, 4) is 11.3 Å². The molecule has 0 fully saturated rings. The van der Waals surface area contributed by atoms with Crippen molar-refractivity contribution in [3.63, 3.8) is 0 Å². The third-order valence-electron chi connectivity index (χ3n) is 2.74. The molecule has 6 nitrogen and oxygen atoms in total. The number of carbonyl (C=O) groups excluding carboxylic acids is 1. The summed E-state index contributed by atoms with van der Waals surface area (Å²) >= 11 is 2.60. The van der Waals surface area contributed by atoms with Gasteiger partial charge < -0.3 is 4.52 Å². The van der Waals surface area contributed by atoms with Gasteiger partial charge in [-0.05, 0) is 24.5 Å². The van der Waals surface area contributed by atoms with E-state index in [0.29, 0.717) is 9.47 Å². The topological polar surface area (TPSA) is 80.9 Å². The molecule has 2 heterocycles. The molecule has 3 aromatic rings. The Bertz CT molecular complexity index is 865. The van der Waals surface area contributed by atoms with Crippen molar-refractivity contribution < 1.29 is 18.1 Å². The Morgan fingerprint density at radius 1 is 1.30 bits per heavy atom. The zero-order chi connectivity index (χ0) is 16.4. The molecule has 23 heavy (non-hydrogen) atoms. The molecule has 1 amide bonds. The lowest BCUT2D eigenvalue weighted by atomic mass is 10.1.